The van der Waals surface area contributed by atoms with Gasteiger partial charge in [-0.3, -0.25) is 0 Å². The van der Waals surface area contributed by atoms with Crippen LogP contribution in [0.15, 0.2) is 84.9 Å². The van der Waals surface area contributed by atoms with Crippen molar-refractivity contribution in [3.8, 4) is 5.75 Å². The van der Waals surface area contributed by atoms with Gasteiger partial charge in [-0.05, 0) is 30.3 Å². The normalized spacial score (nSPS) is 10.2. The number of halogens is 1. The summed E-state index contributed by atoms with van der Waals surface area (Å²) in [6, 6.07) is 28.9. The Kier molecular flexibility index (Phi) is 6.41. The van der Waals surface area contributed by atoms with Crippen LogP contribution in [0.2, 0.25) is 0 Å². The molecule has 0 spiro atoms. The van der Waals surface area contributed by atoms with Gasteiger partial charge in [-0.1, -0.05) is 54.6 Å². The first-order valence-electron chi connectivity index (χ1n) is 7.08. The Hall–Kier alpha value is -1.38. The standard InChI is InChI=1S/C19H17OP.HI/c20-19-14-8-7-9-16(19)15-21(17-10-3-1-4-11-17)18-12-5-2-6-13-18;/h1-14,20H,15H2;1H. The summed E-state index contributed by atoms with van der Waals surface area (Å²) in [5.74, 6) is 0.395. The first kappa shape index (κ1) is 17.0. The fourth-order valence-corrected chi connectivity index (χ4v) is 5.11. The van der Waals surface area contributed by atoms with Gasteiger partial charge in [0.1, 0.15) is 5.75 Å². The van der Waals surface area contributed by atoms with Gasteiger partial charge in [0.15, 0.2) is 0 Å². The SMILES string of the molecule is Oc1ccccc1C[PH+](c1ccccc1)c1ccccc1.[I-]. The predicted octanol–water partition coefficient (Wildman–Crippen LogP) is 0.761. The van der Waals surface area contributed by atoms with Crippen LogP contribution >= 0.6 is 7.92 Å². The molecular weight excluding hydrogens is 402 g/mol. The number of phenolic OH excluding ortho intramolecular Hbond substituents is 1. The largest absolute Gasteiger partial charge is 1.00 e. The third-order valence-electron chi connectivity index (χ3n) is 3.60. The Morgan fingerprint density at radius 3 is 1.59 bits per heavy atom. The zero-order chi connectivity index (χ0) is 14.5. The summed E-state index contributed by atoms with van der Waals surface area (Å²) < 4.78 is 0. The van der Waals surface area contributed by atoms with Gasteiger partial charge in [-0.25, -0.2) is 0 Å². The molecule has 0 aliphatic heterocycles. The van der Waals surface area contributed by atoms with Crippen molar-refractivity contribution in [1.82, 2.24) is 0 Å². The minimum Gasteiger partial charge on any atom is -1.00 e. The van der Waals surface area contributed by atoms with Crippen LogP contribution in [0.1, 0.15) is 5.56 Å². The fraction of sp³-hybridized carbons (Fsp3) is 0.0526. The summed E-state index contributed by atoms with van der Waals surface area (Å²) in [6.07, 6.45) is 0.894. The van der Waals surface area contributed by atoms with E-state index in [4.69, 9.17) is 0 Å². The smallest absolute Gasteiger partial charge is 0.122 e. The Morgan fingerprint density at radius 1 is 0.636 bits per heavy atom. The highest BCUT2D eigenvalue weighted by Crippen LogP contribution is 2.39. The Bertz CT molecular complexity index is 661. The topological polar surface area (TPSA) is 20.2 Å². The van der Waals surface area contributed by atoms with E-state index in [9.17, 15) is 5.11 Å². The second-order valence-corrected chi connectivity index (χ2v) is 7.48. The lowest BCUT2D eigenvalue weighted by Crippen LogP contribution is -3.00. The summed E-state index contributed by atoms with van der Waals surface area (Å²) in [7, 11) is -0.934. The molecule has 0 aliphatic rings. The molecule has 0 radical (unpaired) electrons. The van der Waals surface area contributed by atoms with E-state index in [0.717, 1.165) is 11.7 Å². The minimum absolute atomic E-state index is 0. The van der Waals surface area contributed by atoms with Crippen molar-refractivity contribution in [1.29, 1.82) is 0 Å². The molecule has 3 aromatic rings. The average molecular weight is 420 g/mol. The molecule has 3 heteroatoms. The van der Waals surface area contributed by atoms with Crippen molar-refractivity contribution in [2.24, 2.45) is 0 Å². The molecule has 0 amide bonds. The summed E-state index contributed by atoms with van der Waals surface area (Å²) in [5, 5.41) is 12.8. The van der Waals surface area contributed by atoms with Crippen molar-refractivity contribution in [3.05, 3.63) is 90.5 Å². The Morgan fingerprint density at radius 2 is 1.09 bits per heavy atom. The Labute approximate surface area is 149 Å². The van der Waals surface area contributed by atoms with Crippen LogP contribution < -0.4 is 34.6 Å². The van der Waals surface area contributed by atoms with Crippen molar-refractivity contribution in [3.63, 3.8) is 0 Å². The zero-order valence-corrected chi connectivity index (χ0v) is 15.3. The van der Waals surface area contributed by atoms with Crippen molar-refractivity contribution >= 4 is 18.5 Å². The Balaban J connectivity index is 0.00000176. The molecule has 3 rings (SSSR count). The van der Waals surface area contributed by atoms with Crippen LogP contribution in [-0.4, -0.2) is 5.11 Å². The van der Waals surface area contributed by atoms with Gasteiger partial charge in [0.05, 0.1) is 24.7 Å². The van der Waals surface area contributed by atoms with E-state index in [2.05, 4.69) is 48.5 Å². The van der Waals surface area contributed by atoms with E-state index in [1.807, 2.05) is 30.3 Å². The molecule has 0 atom stereocenters. The lowest BCUT2D eigenvalue weighted by atomic mass is 10.2. The average Bonchev–Trinajstić information content (AvgIpc) is 2.56. The van der Waals surface area contributed by atoms with E-state index in [1.54, 1.807) is 6.07 Å². The lowest BCUT2D eigenvalue weighted by molar-refractivity contribution is -0.00000505. The van der Waals surface area contributed by atoms with Crippen LogP contribution in [0.5, 0.6) is 5.75 Å². The number of hydrogen-bond donors (Lipinski definition) is 1. The third-order valence-corrected chi connectivity index (χ3v) is 6.40. The third kappa shape index (κ3) is 4.08. The molecule has 0 aromatic heterocycles. The molecule has 3 aromatic carbocycles. The summed E-state index contributed by atoms with van der Waals surface area (Å²) >= 11 is 0. The highest BCUT2D eigenvalue weighted by molar-refractivity contribution is 7.72. The van der Waals surface area contributed by atoms with Crippen molar-refractivity contribution in [2.75, 3.05) is 0 Å². The number of rotatable bonds is 4. The highest BCUT2D eigenvalue weighted by Gasteiger charge is 2.23. The quantitative estimate of drug-likeness (QED) is 0.489. The molecule has 0 unspecified atom stereocenters. The van der Waals surface area contributed by atoms with Crippen LogP contribution in [0.3, 0.4) is 0 Å². The predicted molar refractivity (Wildman–Crippen MR) is 92.3 cm³/mol. The zero-order valence-electron chi connectivity index (χ0n) is 12.1. The maximum atomic E-state index is 10.1. The second kappa shape index (κ2) is 8.30. The van der Waals surface area contributed by atoms with Gasteiger partial charge in [-0.2, -0.15) is 0 Å². The molecule has 0 saturated carbocycles. The lowest BCUT2D eigenvalue weighted by Gasteiger charge is -2.11. The molecule has 1 nitrogen and oxygen atoms in total. The molecule has 0 heterocycles. The molecule has 112 valence electrons. The number of aromatic hydroxyl groups is 1. The van der Waals surface area contributed by atoms with Gasteiger partial charge in [0, 0.05) is 5.56 Å². The van der Waals surface area contributed by atoms with Crippen molar-refractivity contribution < 1.29 is 29.1 Å². The number of para-hydroxylation sites is 1. The second-order valence-electron chi connectivity index (χ2n) is 5.02. The monoisotopic (exact) mass is 420 g/mol. The molecule has 22 heavy (non-hydrogen) atoms. The number of benzene rings is 3. The first-order chi connectivity index (χ1) is 10.3. The van der Waals surface area contributed by atoms with E-state index < -0.39 is 7.92 Å². The summed E-state index contributed by atoms with van der Waals surface area (Å²) in [6.45, 7) is 0. The van der Waals surface area contributed by atoms with E-state index >= 15 is 0 Å². The molecular formula is C19H18IOP. The molecule has 0 fully saturated rings. The van der Waals surface area contributed by atoms with E-state index in [1.165, 1.54) is 10.6 Å². The number of hydrogen-bond acceptors (Lipinski definition) is 1. The molecule has 1 N–H and O–H groups in total. The number of phenols is 1. The summed E-state index contributed by atoms with van der Waals surface area (Å²) in [4.78, 5) is 0. The maximum Gasteiger partial charge on any atom is 0.122 e. The fourth-order valence-electron chi connectivity index (χ4n) is 2.50. The van der Waals surface area contributed by atoms with E-state index in [-0.39, 0.29) is 24.0 Å². The van der Waals surface area contributed by atoms with Crippen LogP contribution in [0.25, 0.3) is 0 Å². The van der Waals surface area contributed by atoms with Crippen LogP contribution in [0, 0.1) is 0 Å². The van der Waals surface area contributed by atoms with Crippen LogP contribution in [-0.2, 0) is 6.16 Å². The van der Waals surface area contributed by atoms with Crippen LogP contribution in [0.4, 0.5) is 0 Å². The maximum absolute atomic E-state index is 10.1. The van der Waals surface area contributed by atoms with Gasteiger partial charge >= 0.3 is 0 Å². The molecule has 0 saturated heterocycles. The van der Waals surface area contributed by atoms with Gasteiger partial charge < -0.3 is 29.1 Å². The van der Waals surface area contributed by atoms with Gasteiger partial charge in [-0.15, -0.1) is 0 Å². The van der Waals surface area contributed by atoms with Crippen molar-refractivity contribution in [2.45, 2.75) is 6.16 Å². The molecule has 0 bridgehead atoms. The van der Waals surface area contributed by atoms with E-state index in [0.29, 0.717) is 5.75 Å². The summed E-state index contributed by atoms with van der Waals surface area (Å²) in [5.41, 5.74) is 1.03. The highest BCUT2D eigenvalue weighted by atomic mass is 127. The molecule has 0 aliphatic carbocycles. The van der Waals surface area contributed by atoms with Gasteiger partial charge in [0.25, 0.3) is 0 Å². The van der Waals surface area contributed by atoms with Gasteiger partial charge in [0.2, 0.25) is 0 Å². The first-order valence-corrected chi connectivity index (χ1v) is 8.79. The minimum atomic E-state index is -0.934.